The summed E-state index contributed by atoms with van der Waals surface area (Å²) in [6.45, 7) is 2.19. The first-order valence-corrected chi connectivity index (χ1v) is 4.96. The summed E-state index contributed by atoms with van der Waals surface area (Å²) < 4.78 is 17.9. The molecule has 0 unspecified atom stereocenters. The Kier molecular flexibility index (Phi) is 3.29. The summed E-state index contributed by atoms with van der Waals surface area (Å²) in [6.07, 6.45) is 4.34. The van der Waals surface area contributed by atoms with Gasteiger partial charge in [-0.2, -0.15) is 0 Å². The number of nitrogens with zero attached hydrogens (tertiary/aromatic N) is 1. The molecule has 0 aromatic carbocycles. The van der Waals surface area contributed by atoms with E-state index in [9.17, 15) is 4.39 Å². The zero-order valence-electron chi connectivity index (χ0n) is 8.37. The lowest BCUT2D eigenvalue weighted by molar-refractivity contribution is 0.150. The second-order valence-corrected chi connectivity index (χ2v) is 3.42. The van der Waals surface area contributed by atoms with Crippen LogP contribution >= 0.6 is 0 Å². The van der Waals surface area contributed by atoms with Gasteiger partial charge in [0.25, 0.3) is 0 Å². The van der Waals surface area contributed by atoms with Crippen molar-refractivity contribution in [3.05, 3.63) is 35.8 Å². The Morgan fingerprint density at radius 2 is 2.40 bits per heavy atom. The first kappa shape index (κ1) is 10.1. The van der Waals surface area contributed by atoms with Gasteiger partial charge in [-0.05, 0) is 24.1 Å². The zero-order chi connectivity index (χ0) is 10.5. The monoisotopic (exact) mass is 208 g/mol. The summed E-state index contributed by atoms with van der Waals surface area (Å²) in [4.78, 5) is 3.91. The molecule has 0 saturated carbocycles. The highest BCUT2D eigenvalue weighted by atomic mass is 19.1. The Hall–Kier alpha value is -1.42. The molecule has 1 aromatic rings. The second-order valence-electron chi connectivity index (χ2n) is 3.42. The normalized spacial score (nSPS) is 15.9. The minimum atomic E-state index is -0.319. The molecule has 1 aromatic heterocycles. The molecule has 1 aliphatic rings. The van der Waals surface area contributed by atoms with Crippen molar-refractivity contribution >= 4 is 5.82 Å². The predicted molar refractivity (Wildman–Crippen MR) is 56.2 cm³/mol. The maximum absolute atomic E-state index is 12.6. The van der Waals surface area contributed by atoms with E-state index in [4.69, 9.17) is 4.74 Å². The van der Waals surface area contributed by atoms with Crippen molar-refractivity contribution in [2.24, 2.45) is 0 Å². The van der Waals surface area contributed by atoms with E-state index < -0.39 is 0 Å². The Morgan fingerprint density at radius 1 is 1.47 bits per heavy atom. The van der Waals surface area contributed by atoms with Crippen molar-refractivity contribution in [1.29, 1.82) is 0 Å². The number of pyridine rings is 1. The summed E-state index contributed by atoms with van der Waals surface area (Å²) in [6, 6.07) is 3.01. The van der Waals surface area contributed by atoms with Crippen molar-refractivity contribution in [2.75, 3.05) is 25.1 Å². The molecule has 0 saturated heterocycles. The van der Waals surface area contributed by atoms with Crippen LogP contribution in [0.15, 0.2) is 30.0 Å². The number of nitrogens with one attached hydrogen (secondary N) is 1. The number of rotatable bonds is 3. The molecule has 15 heavy (non-hydrogen) atoms. The highest BCUT2D eigenvalue weighted by Crippen LogP contribution is 2.08. The maximum atomic E-state index is 12.6. The van der Waals surface area contributed by atoms with Gasteiger partial charge in [0.15, 0.2) is 0 Å². The molecule has 0 spiro atoms. The predicted octanol–water partition coefficient (Wildman–Crippen LogP) is 1.98. The summed E-state index contributed by atoms with van der Waals surface area (Å²) >= 11 is 0. The number of hydrogen-bond donors (Lipinski definition) is 1. The molecule has 2 heterocycles. The Labute approximate surface area is 88.0 Å². The fraction of sp³-hybridized carbons (Fsp3) is 0.364. The Bertz CT molecular complexity index is 348. The van der Waals surface area contributed by atoms with Crippen molar-refractivity contribution in [3.63, 3.8) is 0 Å². The van der Waals surface area contributed by atoms with Crippen LogP contribution in [0.25, 0.3) is 0 Å². The smallest absolute Gasteiger partial charge is 0.141 e. The van der Waals surface area contributed by atoms with E-state index in [1.807, 2.05) is 0 Å². The lowest BCUT2D eigenvalue weighted by Gasteiger charge is -2.14. The van der Waals surface area contributed by atoms with Crippen LogP contribution in [0.5, 0.6) is 0 Å². The Balaban J connectivity index is 1.87. The maximum Gasteiger partial charge on any atom is 0.141 e. The molecule has 0 bridgehead atoms. The number of ether oxygens (including phenoxy) is 1. The first-order valence-electron chi connectivity index (χ1n) is 4.96. The summed E-state index contributed by atoms with van der Waals surface area (Å²) in [5.74, 6) is 0.364. The third-order valence-corrected chi connectivity index (χ3v) is 2.21. The summed E-state index contributed by atoms with van der Waals surface area (Å²) in [7, 11) is 0. The van der Waals surface area contributed by atoms with Crippen LogP contribution in [0.1, 0.15) is 6.42 Å². The molecular formula is C11H13FN2O. The van der Waals surface area contributed by atoms with Gasteiger partial charge >= 0.3 is 0 Å². The van der Waals surface area contributed by atoms with E-state index in [2.05, 4.69) is 16.4 Å². The molecule has 2 rings (SSSR count). The standard InChI is InChI=1S/C11H13FN2O/c12-10-3-4-11(14-7-10)13-6-9-2-1-5-15-8-9/h2-4,7H,1,5-6,8H2,(H,13,14). The van der Waals surface area contributed by atoms with Crippen LogP contribution in [-0.2, 0) is 4.74 Å². The SMILES string of the molecule is Fc1ccc(NCC2=CCCOC2)nc1. The van der Waals surface area contributed by atoms with Crippen LogP contribution in [0.4, 0.5) is 10.2 Å². The average Bonchev–Trinajstić information content (AvgIpc) is 2.30. The topological polar surface area (TPSA) is 34.1 Å². The van der Waals surface area contributed by atoms with Crippen LogP contribution in [0, 0.1) is 5.82 Å². The zero-order valence-corrected chi connectivity index (χ0v) is 8.37. The first-order chi connectivity index (χ1) is 7.34. The van der Waals surface area contributed by atoms with Gasteiger partial charge in [-0.15, -0.1) is 0 Å². The molecular weight excluding hydrogens is 195 g/mol. The molecule has 0 amide bonds. The van der Waals surface area contributed by atoms with Gasteiger partial charge in [0.05, 0.1) is 19.4 Å². The van der Waals surface area contributed by atoms with Crippen LogP contribution in [0.2, 0.25) is 0 Å². The highest BCUT2D eigenvalue weighted by Gasteiger charge is 2.03. The van der Waals surface area contributed by atoms with Gasteiger partial charge in [0.1, 0.15) is 11.6 Å². The van der Waals surface area contributed by atoms with E-state index >= 15 is 0 Å². The van der Waals surface area contributed by atoms with Gasteiger partial charge in [-0.1, -0.05) is 6.08 Å². The van der Waals surface area contributed by atoms with Crippen molar-refractivity contribution in [3.8, 4) is 0 Å². The molecule has 0 fully saturated rings. The van der Waals surface area contributed by atoms with Gasteiger partial charge in [0, 0.05) is 6.54 Å². The lowest BCUT2D eigenvalue weighted by Crippen LogP contribution is -2.14. The molecule has 1 aliphatic heterocycles. The average molecular weight is 208 g/mol. The number of anilines is 1. The molecule has 3 nitrogen and oxygen atoms in total. The van der Waals surface area contributed by atoms with E-state index in [0.29, 0.717) is 19.0 Å². The highest BCUT2D eigenvalue weighted by molar-refractivity contribution is 5.35. The van der Waals surface area contributed by atoms with Crippen LogP contribution < -0.4 is 5.32 Å². The number of hydrogen-bond acceptors (Lipinski definition) is 3. The van der Waals surface area contributed by atoms with E-state index in [1.54, 1.807) is 6.07 Å². The second kappa shape index (κ2) is 4.89. The van der Waals surface area contributed by atoms with Gasteiger partial charge < -0.3 is 10.1 Å². The van der Waals surface area contributed by atoms with Crippen molar-refractivity contribution in [1.82, 2.24) is 4.98 Å². The fourth-order valence-corrected chi connectivity index (χ4v) is 1.42. The van der Waals surface area contributed by atoms with E-state index in [1.165, 1.54) is 17.8 Å². The number of halogens is 1. The molecule has 0 aliphatic carbocycles. The third kappa shape index (κ3) is 3.02. The van der Waals surface area contributed by atoms with Crippen molar-refractivity contribution in [2.45, 2.75) is 6.42 Å². The molecule has 0 radical (unpaired) electrons. The van der Waals surface area contributed by atoms with Gasteiger partial charge in [-0.3, -0.25) is 0 Å². The third-order valence-electron chi connectivity index (χ3n) is 2.21. The molecule has 0 atom stereocenters. The largest absolute Gasteiger partial charge is 0.377 e. The van der Waals surface area contributed by atoms with Crippen LogP contribution in [0.3, 0.4) is 0 Å². The van der Waals surface area contributed by atoms with E-state index in [-0.39, 0.29) is 5.82 Å². The fourth-order valence-electron chi connectivity index (χ4n) is 1.42. The summed E-state index contributed by atoms with van der Waals surface area (Å²) in [5, 5.41) is 3.12. The van der Waals surface area contributed by atoms with Gasteiger partial charge in [-0.25, -0.2) is 9.37 Å². The minimum Gasteiger partial charge on any atom is -0.377 e. The summed E-state index contributed by atoms with van der Waals surface area (Å²) in [5.41, 5.74) is 1.22. The lowest BCUT2D eigenvalue weighted by atomic mass is 10.2. The minimum absolute atomic E-state index is 0.319. The molecule has 1 N–H and O–H groups in total. The van der Waals surface area contributed by atoms with E-state index in [0.717, 1.165) is 13.0 Å². The molecule has 80 valence electrons. The Morgan fingerprint density at radius 3 is 3.07 bits per heavy atom. The quantitative estimate of drug-likeness (QED) is 0.771. The molecule has 4 heteroatoms. The van der Waals surface area contributed by atoms with Gasteiger partial charge in [0.2, 0.25) is 0 Å². The van der Waals surface area contributed by atoms with Crippen LogP contribution in [-0.4, -0.2) is 24.7 Å². The van der Waals surface area contributed by atoms with Crippen molar-refractivity contribution < 1.29 is 9.13 Å². The number of aromatic nitrogens is 1.